The van der Waals surface area contributed by atoms with Crippen LogP contribution in [0.1, 0.15) is 11.1 Å². The summed E-state index contributed by atoms with van der Waals surface area (Å²) < 4.78 is 35.9. The maximum Gasteiger partial charge on any atom is 0.387 e. The number of fused-ring (bicyclic) bond motifs is 1. The van der Waals surface area contributed by atoms with Gasteiger partial charge < -0.3 is 29.2 Å². The van der Waals surface area contributed by atoms with Gasteiger partial charge in [-0.2, -0.15) is 13.4 Å². The molecule has 0 fully saturated rings. The van der Waals surface area contributed by atoms with Crippen molar-refractivity contribution in [1.82, 2.24) is 19.3 Å². The highest BCUT2D eigenvalue weighted by molar-refractivity contribution is 8.57. The summed E-state index contributed by atoms with van der Waals surface area (Å²) in [4.78, 5) is 33.3. The molecule has 1 aromatic carbocycles. The standard InChI is InChI=1S/C17H18N4O10S2/c1-6-3-8-11-14(7(6)2)30-32(28)33(29)31-21-16(26)12(18-11)15(19-17(21)27)20(8)4-9(23)13(25)10(24)5-22/h3,9-10,13,22-25H,4-5H2,1-2H3. The molecule has 0 amide bonds. The van der Waals surface area contributed by atoms with Crippen molar-refractivity contribution in [3.63, 3.8) is 0 Å². The molecule has 3 bridgehead atoms. The predicted octanol–water partition coefficient (Wildman–Crippen LogP) is -3.19. The number of aromatic nitrogens is 4. The summed E-state index contributed by atoms with van der Waals surface area (Å²) in [5.74, 6) is -0.385. The van der Waals surface area contributed by atoms with Gasteiger partial charge in [0.15, 0.2) is 17.3 Å². The number of aryl methyl sites for hydroxylation is 1. The molecule has 14 nitrogen and oxygen atoms in total. The average Bonchev–Trinajstić information content (AvgIpc) is 2.78. The Morgan fingerprint density at radius 2 is 1.79 bits per heavy atom. The Kier molecular flexibility index (Phi) is 6.06. The fourth-order valence-corrected chi connectivity index (χ4v) is 4.74. The maximum absolute atomic E-state index is 12.9. The van der Waals surface area contributed by atoms with Gasteiger partial charge in [0.2, 0.25) is 0 Å². The summed E-state index contributed by atoms with van der Waals surface area (Å²) in [6.45, 7) is 1.95. The van der Waals surface area contributed by atoms with Crippen molar-refractivity contribution in [2.24, 2.45) is 0 Å². The van der Waals surface area contributed by atoms with Gasteiger partial charge in [-0.05, 0) is 31.0 Å². The minimum Gasteiger partial charge on any atom is -0.394 e. The van der Waals surface area contributed by atoms with Crippen LogP contribution in [0.2, 0.25) is 0 Å². The minimum atomic E-state index is -2.76. The zero-order valence-corrected chi connectivity index (χ0v) is 18.7. The summed E-state index contributed by atoms with van der Waals surface area (Å²) in [5, 5.41) is 39.3. The van der Waals surface area contributed by atoms with E-state index in [1.54, 1.807) is 19.9 Å². The highest BCUT2D eigenvalue weighted by Crippen LogP contribution is 2.34. The smallest absolute Gasteiger partial charge is 0.387 e. The second-order valence-electron chi connectivity index (χ2n) is 7.28. The Labute approximate surface area is 188 Å². The van der Waals surface area contributed by atoms with Gasteiger partial charge in [-0.3, -0.25) is 9.08 Å². The monoisotopic (exact) mass is 502 g/mol. The molecule has 178 valence electrons. The lowest BCUT2D eigenvalue weighted by atomic mass is 10.1. The highest BCUT2D eigenvalue weighted by Gasteiger charge is 2.32. The predicted molar refractivity (Wildman–Crippen MR) is 113 cm³/mol. The third kappa shape index (κ3) is 3.83. The number of aliphatic hydroxyl groups is 4. The molecule has 33 heavy (non-hydrogen) atoms. The lowest BCUT2D eigenvalue weighted by Gasteiger charge is -2.26. The summed E-state index contributed by atoms with van der Waals surface area (Å²) >= 11 is 0. The van der Waals surface area contributed by atoms with E-state index in [1.165, 1.54) is 4.57 Å². The molecule has 5 unspecified atom stereocenters. The van der Waals surface area contributed by atoms with Gasteiger partial charge in [0, 0.05) is 0 Å². The normalized spacial score (nSPS) is 20.7. The van der Waals surface area contributed by atoms with Crippen molar-refractivity contribution in [2.45, 2.75) is 38.7 Å². The lowest BCUT2D eigenvalue weighted by molar-refractivity contribution is -0.0802. The molecule has 0 spiro atoms. The van der Waals surface area contributed by atoms with Crippen molar-refractivity contribution >= 4 is 31.3 Å². The summed E-state index contributed by atoms with van der Waals surface area (Å²) in [6, 6.07) is 1.57. The number of hydrogen-bond acceptors (Lipinski definition) is 12. The third-order valence-corrected chi connectivity index (χ3v) is 7.08. The lowest BCUT2D eigenvalue weighted by Crippen LogP contribution is -2.45. The van der Waals surface area contributed by atoms with Crippen LogP contribution in [0.4, 0.5) is 0 Å². The second kappa shape index (κ2) is 8.54. The fraction of sp³-hybridized carbons (Fsp3) is 0.412. The first-order chi connectivity index (χ1) is 15.5. The van der Waals surface area contributed by atoms with Crippen molar-refractivity contribution in [1.29, 1.82) is 0 Å². The number of benzene rings is 1. The molecule has 3 aliphatic heterocycles. The van der Waals surface area contributed by atoms with Gasteiger partial charge in [-0.25, -0.2) is 9.78 Å². The van der Waals surface area contributed by atoms with E-state index in [9.17, 15) is 33.3 Å². The van der Waals surface area contributed by atoms with Crippen LogP contribution in [-0.2, 0) is 26.8 Å². The zero-order valence-electron chi connectivity index (χ0n) is 17.1. The van der Waals surface area contributed by atoms with Crippen LogP contribution in [0, 0.1) is 13.8 Å². The van der Waals surface area contributed by atoms with E-state index in [0.717, 1.165) is 0 Å². The molecule has 5 atom stereocenters. The largest absolute Gasteiger partial charge is 0.394 e. The Bertz CT molecular complexity index is 1400. The molecule has 4 N–H and O–H groups in total. The van der Waals surface area contributed by atoms with Crippen LogP contribution in [0.25, 0.3) is 22.6 Å². The molecule has 3 aliphatic rings. The van der Waals surface area contributed by atoms with E-state index in [1.807, 2.05) is 0 Å². The van der Waals surface area contributed by atoms with Crippen molar-refractivity contribution in [2.75, 3.05) is 6.61 Å². The molecule has 0 radical (unpaired) electrons. The number of nitrogens with zero attached hydrogens (tertiary/aromatic N) is 4. The Balaban J connectivity index is 2.12. The van der Waals surface area contributed by atoms with Crippen molar-refractivity contribution < 1.29 is 37.3 Å². The van der Waals surface area contributed by atoms with E-state index < -0.39 is 68.6 Å². The highest BCUT2D eigenvalue weighted by atomic mass is 33.2. The Morgan fingerprint density at radius 3 is 2.45 bits per heavy atom. The van der Waals surface area contributed by atoms with Gasteiger partial charge in [0.1, 0.15) is 23.8 Å². The molecule has 0 saturated heterocycles. The third-order valence-electron chi connectivity index (χ3n) is 5.23. The molecule has 0 aromatic heterocycles. The van der Waals surface area contributed by atoms with Gasteiger partial charge >= 0.3 is 31.5 Å². The number of aliphatic hydroxyl groups excluding tert-OH is 4. The van der Waals surface area contributed by atoms with Gasteiger partial charge in [0.05, 0.1) is 18.7 Å². The maximum atomic E-state index is 12.9. The zero-order chi connectivity index (χ0) is 24.2. The van der Waals surface area contributed by atoms with E-state index in [4.69, 9.17) is 13.6 Å². The molecule has 16 heteroatoms. The Morgan fingerprint density at radius 1 is 1.09 bits per heavy atom. The topological polar surface area (TPSA) is 203 Å². The van der Waals surface area contributed by atoms with Gasteiger partial charge in [0.25, 0.3) is 0 Å². The molecule has 1 aromatic rings. The van der Waals surface area contributed by atoms with Crippen LogP contribution in [-0.4, -0.2) is 73.0 Å². The van der Waals surface area contributed by atoms with Gasteiger partial charge in [-0.1, -0.05) is 4.73 Å². The van der Waals surface area contributed by atoms with E-state index in [-0.39, 0.29) is 27.3 Å². The molecular formula is C17H18N4O10S2. The quantitative estimate of drug-likeness (QED) is 0.201. The minimum absolute atomic E-state index is 0.0219. The fourth-order valence-electron chi connectivity index (χ4n) is 3.34. The Hall–Kier alpha value is -2.76. The summed E-state index contributed by atoms with van der Waals surface area (Å²) in [5.41, 5.74) is -1.70. The SMILES string of the molecule is Cc1cc2c3nc4c(=O)n(c(=O)nc-4n2CC(O)C(O)C(O)CO)OS(=O)S(=O)Oc3c1C. The van der Waals surface area contributed by atoms with Gasteiger partial charge in [-0.15, -0.1) is 0 Å². The number of rotatable bonds is 5. The first kappa shape index (κ1) is 23.4. The molecular weight excluding hydrogens is 484 g/mol. The van der Waals surface area contributed by atoms with Crippen molar-refractivity contribution in [3.8, 4) is 17.3 Å². The summed E-state index contributed by atoms with van der Waals surface area (Å²) in [7, 11) is -5.42. The molecule has 3 heterocycles. The van der Waals surface area contributed by atoms with E-state index >= 15 is 0 Å². The van der Waals surface area contributed by atoms with Crippen LogP contribution in [0.15, 0.2) is 15.7 Å². The average molecular weight is 502 g/mol. The van der Waals surface area contributed by atoms with Crippen LogP contribution < -0.4 is 19.7 Å². The van der Waals surface area contributed by atoms with Crippen molar-refractivity contribution in [3.05, 3.63) is 38.0 Å². The molecule has 0 saturated carbocycles. The second-order valence-corrected chi connectivity index (χ2v) is 10.0. The first-order valence-electron chi connectivity index (χ1n) is 9.38. The first-order valence-corrected chi connectivity index (χ1v) is 12.1. The molecule has 4 rings (SSSR count). The van der Waals surface area contributed by atoms with Crippen LogP contribution in [0.5, 0.6) is 5.75 Å². The van der Waals surface area contributed by atoms with Crippen LogP contribution in [0.3, 0.4) is 0 Å². The molecule has 0 aliphatic carbocycles. The number of hydrogen-bond donors (Lipinski definition) is 4. The van der Waals surface area contributed by atoms with E-state index in [2.05, 4.69) is 9.97 Å². The summed E-state index contributed by atoms with van der Waals surface area (Å²) in [6.07, 6.45) is -5.13. The van der Waals surface area contributed by atoms with Crippen LogP contribution >= 0.6 is 0 Å². The van der Waals surface area contributed by atoms with E-state index in [0.29, 0.717) is 11.1 Å².